The Kier molecular flexibility index (Phi) is 5.77. The molecule has 0 bridgehead atoms. The van der Waals surface area contributed by atoms with Crippen molar-refractivity contribution in [3.63, 3.8) is 0 Å². The average Bonchev–Trinajstić information content (AvgIpc) is 2.55. The van der Waals surface area contributed by atoms with Gasteiger partial charge in [0.15, 0.2) is 11.5 Å². The molecule has 0 fully saturated rings. The van der Waals surface area contributed by atoms with Crippen LogP contribution in [-0.2, 0) is 6.54 Å². The maximum Gasteiger partial charge on any atom is 0.251 e. The van der Waals surface area contributed by atoms with E-state index in [1.165, 1.54) is 0 Å². The zero-order chi connectivity index (χ0) is 15.9. The van der Waals surface area contributed by atoms with Crippen LogP contribution < -0.4 is 14.8 Å². The number of carbonyl (C=O) groups excluding carboxylic acids is 1. The predicted molar refractivity (Wildman–Crippen MR) is 87.3 cm³/mol. The Morgan fingerprint density at radius 1 is 1.36 bits per heavy atom. The molecule has 0 unspecified atom stereocenters. The maximum absolute atomic E-state index is 12.3. The van der Waals surface area contributed by atoms with E-state index >= 15 is 0 Å². The highest BCUT2D eigenvalue weighted by atomic mass is 79.9. The summed E-state index contributed by atoms with van der Waals surface area (Å²) in [5.74, 6) is 0.901. The molecule has 0 aliphatic heterocycles. The number of ether oxygens (including phenoxy) is 2. The van der Waals surface area contributed by atoms with Gasteiger partial charge in [0.25, 0.3) is 5.91 Å². The SMILES string of the molecule is CCOc1c(Br)cc(C(=O)NCc2ccccn2)cc1OC. The summed E-state index contributed by atoms with van der Waals surface area (Å²) in [6.45, 7) is 2.77. The van der Waals surface area contributed by atoms with Crippen LogP contribution in [0.15, 0.2) is 41.0 Å². The van der Waals surface area contributed by atoms with E-state index in [-0.39, 0.29) is 5.91 Å². The number of hydrogen-bond donors (Lipinski definition) is 1. The minimum atomic E-state index is -0.201. The maximum atomic E-state index is 12.3. The second-order valence-electron chi connectivity index (χ2n) is 4.43. The molecule has 0 atom stereocenters. The second-order valence-corrected chi connectivity index (χ2v) is 5.28. The molecule has 22 heavy (non-hydrogen) atoms. The van der Waals surface area contributed by atoms with Gasteiger partial charge in [0.2, 0.25) is 0 Å². The van der Waals surface area contributed by atoms with Gasteiger partial charge in [-0.15, -0.1) is 0 Å². The second kappa shape index (κ2) is 7.79. The molecule has 0 spiro atoms. The van der Waals surface area contributed by atoms with Gasteiger partial charge in [-0.1, -0.05) is 6.07 Å². The van der Waals surface area contributed by atoms with E-state index in [1.807, 2.05) is 25.1 Å². The summed E-state index contributed by atoms with van der Waals surface area (Å²) in [6, 6.07) is 8.94. The van der Waals surface area contributed by atoms with Gasteiger partial charge in [0.1, 0.15) is 0 Å². The van der Waals surface area contributed by atoms with Gasteiger partial charge in [-0.2, -0.15) is 0 Å². The molecule has 0 saturated heterocycles. The largest absolute Gasteiger partial charge is 0.493 e. The number of pyridine rings is 1. The molecule has 1 aromatic carbocycles. The van der Waals surface area contributed by atoms with E-state index in [4.69, 9.17) is 9.47 Å². The summed E-state index contributed by atoms with van der Waals surface area (Å²) < 4.78 is 11.5. The molecule has 0 aliphatic rings. The van der Waals surface area contributed by atoms with Crippen LogP contribution in [0.25, 0.3) is 0 Å². The van der Waals surface area contributed by atoms with Crippen molar-refractivity contribution >= 4 is 21.8 Å². The van der Waals surface area contributed by atoms with Crippen molar-refractivity contribution in [2.24, 2.45) is 0 Å². The van der Waals surface area contributed by atoms with Crippen LogP contribution in [-0.4, -0.2) is 24.6 Å². The van der Waals surface area contributed by atoms with Gasteiger partial charge in [0, 0.05) is 11.8 Å². The Labute approximate surface area is 137 Å². The highest BCUT2D eigenvalue weighted by Gasteiger charge is 2.15. The molecule has 0 radical (unpaired) electrons. The first-order valence-electron chi connectivity index (χ1n) is 6.84. The Balaban J connectivity index is 2.14. The summed E-state index contributed by atoms with van der Waals surface area (Å²) in [5, 5.41) is 2.83. The van der Waals surface area contributed by atoms with Crippen LogP contribution in [0.2, 0.25) is 0 Å². The molecule has 1 aromatic heterocycles. The standard InChI is InChI=1S/C16H17BrN2O3/c1-3-22-15-13(17)8-11(9-14(15)21-2)16(20)19-10-12-6-4-5-7-18-12/h4-9H,3,10H2,1-2H3,(H,19,20). The van der Waals surface area contributed by atoms with Gasteiger partial charge in [0.05, 0.1) is 30.4 Å². The van der Waals surface area contributed by atoms with Crippen molar-refractivity contribution < 1.29 is 14.3 Å². The van der Waals surface area contributed by atoms with E-state index in [0.29, 0.717) is 34.7 Å². The fourth-order valence-electron chi connectivity index (χ4n) is 1.91. The fraction of sp³-hybridized carbons (Fsp3) is 0.250. The van der Waals surface area contributed by atoms with E-state index in [0.717, 1.165) is 5.69 Å². The lowest BCUT2D eigenvalue weighted by atomic mass is 10.2. The van der Waals surface area contributed by atoms with Crippen molar-refractivity contribution in [1.29, 1.82) is 0 Å². The molecular formula is C16H17BrN2O3. The molecular weight excluding hydrogens is 348 g/mol. The number of benzene rings is 1. The van der Waals surface area contributed by atoms with Gasteiger partial charge >= 0.3 is 0 Å². The van der Waals surface area contributed by atoms with E-state index in [2.05, 4.69) is 26.2 Å². The number of rotatable bonds is 6. The molecule has 5 nitrogen and oxygen atoms in total. The Bertz CT molecular complexity index is 647. The number of amides is 1. The topological polar surface area (TPSA) is 60.5 Å². The predicted octanol–water partition coefficient (Wildman–Crippen LogP) is 3.18. The number of halogens is 1. The van der Waals surface area contributed by atoms with Crippen LogP contribution in [0.4, 0.5) is 0 Å². The molecule has 0 aliphatic carbocycles. The number of aromatic nitrogens is 1. The van der Waals surface area contributed by atoms with Crippen molar-refractivity contribution in [2.75, 3.05) is 13.7 Å². The van der Waals surface area contributed by atoms with Crippen molar-refractivity contribution in [1.82, 2.24) is 10.3 Å². The third-order valence-electron chi connectivity index (χ3n) is 2.94. The molecule has 6 heteroatoms. The van der Waals surface area contributed by atoms with E-state index < -0.39 is 0 Å². The van der Waals surface area contributed by atoms with Crippen molar-refractivity contribution in [2.45, 2.75) is 13.5 Å². The monoisotopic (exact) mass is 364 g/mol. The molecule has 1 N–H and O–H groups in total. The third kappa shape index (κ3) is 3.98. The highest BCUT2D eigenvalue weighted by molar-refractivity contribution is 9.10. The number of methoxy groups -OCH3 is 1. The van der Waals surface area contributed by atoms with E-state index in [1.54, 1.807) is 25.4 Å². The van der Waals surface area contributed by atoms with Gasteiger partial charge in [-0.3, -0.25) is 9.78 Å². The Hall–Kier alpha value is -2.08. The lowest BCUT2D eigenvalue weighted by molar-refractivity contribution is 0.0950. The fourth-order valence-corrected chi connectivity index (χ4v) is 2.47. The third-order valence-corrected chi connectivity index (χ3v) is 3.53. The molecule has 2 aromatic rings. The summed E-state index contributed by atoms with van der Waals surface area (Å²) in [7, 11) is 1.54. The van der Waals surface area contributed by atoms with Crippen LogP contribution in [0, 0.1) is 0 Å². The van der Waals surface area contributed by atoms with Crippen molar-refractivity contribution in [3.8, 4) is 11.5 Å². The molecule has 2 rings (SSSR count). The van der Waals surface area contributed by atoms with Crippen LogP contribution in [0.1, 0.15) is 23.0 Å². The zero-order valence-electron chi connectivity index (χ0n) is 12.4. The Morgan fingerprint density at radius 2 is 2.18 bits per heavy atom. The van der Waals surface area contributed by atoms with E-state index in [9.17, 15) is 4.79 Å². The normalized spacial score (nSPS) is 10.1. The van der Waals surface area contributed by atoms with Crippen LogP contribution in [0.3, 0.4) is 0 Å². The lowest BCUT2D eigenvalue weighted by Gasteiger charge is -2.13. The zero-order valence-corrected chi connectivity index (χ0v) is 14.0. The minimum absolute atomic E-state index is 0.201. The summed E-state index contributed by atoms with van der Waals surface area (Å²) >= 11 is 3.41. The quantitative estimate of drug-likeness (QED) is 0.854. The van der Waals surface area contributed by atoms with Gasteiger partial charge < -0.3 is 14.8 Å². The molecule has 0 saturated carbocycles. The minimum Gasteiger partial charge on any atom is -0.493 e. The Morgan fingerprint density at radius 3 is 2.82 bits per heavy atom. The van der Waals surface area contributed by atoms with Gasteiger partial charge in [-0.05, 0) is 47.1 Å². The van der Waals surface area contributed by atoms with Crippen LogP contribution in [0.5, 0.6) is 11.5 Å². The van der Waals surface area contributed by atoms with Crippen LogP contribution >= 0.6 is 15.9 Å². The molecule has 1 heterocycles. The van der Waals surface area contributed by atoms with Gasteiger partial charge in [-0.25, -0.2) is 0 Å². The first-order chi connectivity index (χ1) is 10.7. The van der Waals surface area contributed by atoms with Crippen molar-refractivity contribution in [3.05, 3.63) is 52.3 Å². The average molecular weight is 365 g/mol. The highest BCUT2D eigenvalue weighted by Crippen LogP contribution is 2.36. The smallest absolute Gasteiger partial charge is 0.251 e. The summed E-state index contributed by atoms with van der Waals surface area (Å²) in [4.78, 5) is 16.4. The first kappa shape index (κ1) is 16.3. The molecule has 116 valence electrons. The first-order valence-corrected chi connectivity index (χ1v) is 7.63. The number of nitrogens with zero attached hydrogens (tertiary/aromatic N) is 1. The number of nitrogens with one attached hydrogen (secondary N) is 1. The summed E-state index contributed by atoms with van der Waals surface area (Å²) in [6.07, 6.45) is 1.69. The summed E-state index contributed by atoms with van der Waals surface area (Å²) in [5.41, 5.74) is 1.29. The lowest BCUT2D eigenvalue weighted by Crippen LogP contribution is -2.23. The number of carbonyl (C=O) groups is 1. The number of hydrogen-bond acceptors (Lipinski definition) is 4. The molecule has 1 amide bonds.